The molecule has 1 aliphatic carbocycles. The Bertz CT molecular complexity index is 739. The molecule has 0 spiro atoms. The van der Waals surface area contributed by atoms with Crippen molar-refractivity contribution in [3.8, 4) is 0 Å². The molecule has 0 fully saturated rings. The Morgan fingerprint density at radius 3 is 2.81 bits per heavy atom. The number of aryl methyl sites for hydroxylation is 1. The van der Waals surface area contributed by atoms with Crippen molar-refractivity contribution in [2.45, 2.75) is 32.2 Å². The molecule has 0 atom stereocenters. The summed E-state index contributed by atoms with van der Waals surface area (Å²) in [7, 11) is 0. The maximum Gasteiger partial charge on any atom is 0.134 e. The lowest BCUT2D eigenvalue weighted by molar-refractivity contribution is 0.559. The van der Waals surface area contributed by atoms with Crippen LogP contribution >= 0.6 is 0 Å². The third kappa shape index (κ3) is 2.42. The second-order valence-electron chi connectivity index (χ2n) is 5.75. The standard InChI is InChI=1S/C19H19NO/c1-3-9-17-14(6-1)8-5-10-18(17)20-13-16-12-15-7-2-4-11-19(15)21-16/h2,4-5,7-8,10-12,20H,1,3,6,9,13H2. The molecule has 2 aromatic carbocycles. The van der Waals surface area contributed by atoms with Gasteiger partial charge in [0.15, 0.2) is 0 Å². The fraction of sp³-hybridized carbons (Fsp3) is 0.263. The summed E-state index contributed by atoms with van der Waals surface area (Å²) in [5.41, 5.74) is 5.24. The second-order valence-corrected chi connectivity index (χ2v) is 5.75. The van der Waals surface area contributed by atoms with Crippen LogP contribution < -0.4 is 5.32 Å². The van der Waals surface area contributed by atoms with E-state index in [1.165, 1.54) is 47.9 Å². The minimum absolute atomic E-state index is 0.741. The molecule has 0 radical (unpaired) electrons. The van der Waals surface area contributed by atoms with E-state index in [0.29, 0.717) is 0 Å². The van der Waals surface area contributed by atoms with E-state index >= 15 is 0 Å². The predicted octanol–water partition coefficient (Wildman–Crippen LogP) is 4.92. The van der Waals surface area contributed by atoms with Crippen molar-refractivity contribution in [2.75, 3.05) is 5.32 Å². The first-order valence-corrected chi connectivity index (χ1v) is 7.72. The molecular weight excluding hydrogens is 258 g/mol. The van der Waals surface area contributed by atoms with E-state index < -0.39 is 0 Å². The van der Waals surface area contributed by atoms with Gasteiger partial charge in [-0.2, -0.15) is 0 Å². The molecular formula is C19H19NO. The summed E-state index contributed by atoms with van der Waals surface area (Å²) < 4.78 is 5.87. The predicted molar refractivity (Wildman–Crippen MR) is 86.6 cm³/mol. The summed E-state index contributed by atoms with van der Waals surface area (Å²) in [5, 5.41) is 4.73. The van der Waals surface area contributed by atoms with Gasteiger partial charge in [0.25, 0.3) is 0 Å². The zero-order chi connectivity index (χ0) is 14.1. The Balaban J connectivity index is 1.56. The minimum Gasteiger partial charge on any atom is -0.459 e. The van der Waals surface area contributed by atoms with Gasteiger partial charge in [0, 0.05) is 11.1 Å². The number of furan rings is 1. The molecule has 0 saturated heterocycles. The van der Waals surface area contributed by atoms with Gasteiger partial charge in [0.1, 0.15) is 11.3 Å². The molecule has 0 amide bonds. The molecule has 0 bridgehead atoms. The number of para-hydroxylation sites is 1. The van der Waals surface area contributed by atoms with Gasteiger partial charge in [-0.05, 0) is 55.0 Å². The molecule has 0 saturated carbocycles. The summed E-state index contributed by atoms with van der Waals surface area (Å²) in [5.74, 6) is 0.990. The summed E-state index contributed by atoms with van der Waals surface area (Å²) in [4.78, 5) is 0. The maximum absolute atomic E-state index is 5.87. The number of nitrogens with one attached hydrogen (secondary N) is 1. The smallest absolute Gasteiger partial charge is 0.134 e. The first-order valence-electron chi connectivity index (χ1n) is 7.72. The average molecular weight is 277 g/mol. The molecule has 1 aliphatic rings. The van der Waals surface area contributed by atoms with Gasteiger partial charge in [-0.1, -0.05) is 30.3 Å². The normalized spacial score (nSPS) is 14.1. The first-order chi connectivity index (χ1) is 10.4. The maximum atomic E-state index is 5.87. The lowest BCUT2D eigenvalue weighted by Crippen LogP contribution is -2.08. The third-order valence-corrected chi connectivity index (χ3v) is 4.33. The molecule has 1 heterocycles. The Morgan fingerprint density at radius 2 is 1.86 bits per heavy atom. The number of fused-ring (bicyclic) bond motifs is 2. The number of benzene rings is 2. The van der Waals surface area contributed by atoms with Gasteiger partial charge in [0.2, 0.25) is 0 Å². The van der Waals surface area contributed by atoms with Crippen molar-refractivity contribution in [2.24, 2.45) is 0 Å². The van der Waals surface area contributed by atoms with Gasteiger partial charge in [-0.25, -0.2) is 0 Å². The Hall–Kier alpha value is -2.22. The van der Waals surface area contributed by atoms with Crippen LogP contribution in [0.15, 0.2) is 52.9 Å². The third-order valence-electron chi connectivity index (χ3n) is 4.33. The lowest BCUT2D eigenvalue weighted by Gasteiger charge is -2.19. The second kappa shape index (κ2) is 5.28. The molecule has 21 heavy (non-hydrogen) atoms. The number of rotatable bonds is 3. The average Bonchev–Trinajstić information content (AvgIpc) is 2.96. The van der Waals surface area contributed by atoms with Gasteiger partial charge < -0.3 is 9.73 Å². The Labute approximate surface area is 124 Å². The molecule has 1 N–H and O–H groups in total. The SMILES string of the molecule is c1cc2c(c(NCc3cc4ccccc4o3)c1)CCCC2. The quantitative estimate of drug-likeness (QED) is 0.734. The fourth-order valence-electron chi connectivity index (χ4n) is 3.25. The van der Waals surface area contributed by atoms with E-state index in [2.05, 4.69) is 35.6 Å². The summed E-state index contributed by atoms with van der Waals surface area (Å²) in [6.45, 7) is 0.741. The van der Waals surface area contributed by atoms with Gasteiger partial charge >= 0.3 is 0 Å². The molecule has 3 aromatic rings. The summed E-state index contributed by atoms with van der Waals surface area (Å²) >= 11 is 0. The highest BCUT2D eigenvalue weighted by Gasteiger charge is 2.13. The van der Waals surface area contributed by atoms with Crippen LogP contribution in [0.2, 0.25) is 0 Å². The van der Waals surface area contributed by atoms with Crippen LogP contribution in [-0.2, 0) is 19.4 Å². The minimum atomic E-state index is 0.741. The monoisotopic (exact) mass is 277 g/mol. The van der Waals surface area contributed by atoms with E-state index in [1.807, 2.05) is 18.2 Å². The van der Waals surface area contributed by atoms with Crippen molar-refractivity contribution in [1.82, 2.24) is 0 Å². The highest BCUT2D eigenvalue weighted by molar-refractivity contribution is 5.77. The van der Waals surface area contributed by atoms with Crippen LogP contribution in [0.1, 0.15) is 29.7 Å². The molecule has 2 nitrogen and oxygen atoms in total. The topological polar surface area (TPSA) is 25.2 Å². The molecule has 4 rings (SSSR count). The number of hydrogen-bond donors (Lipinski definition) is 1. The molecule has 106 valence electrons. The lowest BCUT2D eigenvalue weighted by atomic mass is 9.90. The van der Waals surface area contributed by atoms with E-state index in [0.717, 1.165) is 17.9 Å². The largest absolute Gasteiger partial charge is 0.459 e. The van der Waals surface area contributed by atoms with Gasteiger partial charge in [-0.15, -0.1) is 0 Å². The van der Waals surface area contributed by atoms with Crippen LogP contribution in [0.5, 0.6) is 0 Å². The summed E-state index contributed by atoms with van der Waals surface area (Å²) in [6, 6.07) is 16.9. The van der Waals surface area contributed by atoms with E-state index in [9.17, 15) is 0 Å². The Kier molecular flexibility index (Phi) is 3.15. The van der Waals surface area contributed by atoms with Crippen molar-refractivity contribution < 1.29 is 4.42 Å². The molecule has 2 heteroatoms. The highest BCUT2D eigenvalue weighted by atomic mass is 16.3. The zero-order valence-corrected chi connectivity index (χ0v) is 12.1. The molecule has 1 aromatic heterocycles. The van der Waals surface area contributed by atoms with Crippen molar-refractivity contribution in [3.05, 3.63) is 65.4 Å². The first kappa shape index (κ1) is 12.5. The van der Waals surface area contributed by atoms with Crippen molar-refractivity contribution in [1.29, 1.82) is 0 Å². The van der Waals surface area contributed by atoms with E-state index in [4.69, 9.17) is 4.42 Å². The Morgan fingerprint density at radius 1 is 0.952 bits per heavy atom. The van der Waals surface area contributed by atoms with Gasteiger partial charge in [-0.3, -0.25) is 0 Å². The van der Waals surface area contributed by atoms with E-state index in [-0.39, 0.29) is 0 Å². The van der Waals surface area contributed by atoms with Gasteiger partial charge in [0.05, 0.1) is 6.54 Å². The van der Waals surface area contributed by atoms with Crippen LogP contribution in [0.4, 0.5) is 5.69 Å². The molecule has 0 unspecified atom stereocenters. The van der Waals surface area contributed by atoms with Crippen LogP contribution in [0.3, 0.4) is 0 Å². The fourth-order valence-corrected chi connectivity index (χ4v) is 3.25. The van der Waals surface area contributed by atoms with Crippen LogP contribution in [0.25, 0.3) is 11.0 Å². The number of hydrogen-bond acceptors (Lipinski definition) is 2. The van der Waals surface area contributed by atoms with Crippen LogP contribution in [-0.4, -0.2) is 0 Å². The van der Waals surface area contributed by atoms with E-state index in [1.54, 1.807) is 0 Å². The zero-order valence-electron chi connectivity index (χ0n) is 12.1. The number of anilines is 1. The summed E-state index contributed by atoms with van der Waals surface area (Å²) in [6.07, 6.45) is 5.03. The van der Waals surface area contributed by atoms with Crippen molar-refractivity contribution >= 4 is 16.7 Å². The van der Waals surface area contributed by atoms with Crippen molar-refractivity contribution in [3.63, 3.8) is 0 Å². The van der Waals surface area contributed by atoms with Crippen LogP contribution in [0, 0.1) is 0 Å². The molecule has 0 aliphatic heterocycles. The highest BCUT2D eigenvalue weighted by Crippen LogP contribution is 2.28.